The van der Waals surface area contributed by atoms with Crippen LogP contribution in [-0.2, 0) is 19.3 Å². The summed E-state index contributed by atoms with van der Waals surface area (Å²) in [4.78, 5) is 11.5. The van der Waals surface area contributed by atoms with Gasteiger partial charge in [0.1, 0.15) is 11.9 Å². The van der Waals surface area contributed by atoms with Gasteiger partial charge in [-0.05, 0) is 38.7 Å². The normalized spacial score (nSPS) is 23.0. The maximum absolute atomic E-state index is 6.13. The van der Waals surface area contributed by atoms with Crippen LogP contribution in [0.15, 0.2) is 0 Å². The fourth-order valence-electron chi connectivity index (χ4n) is 4.29. The van der Waals surface area contributed by atoms with Crippen LogP contribution in [0.1, 0.15) is 52.8 Å². The molecule has 4 heterocycles. The van der Waals surface area contributed by atoms with Gasteiger partial charge in [-0.3, -0.25) is 10.00 Å². The van der Waals surface area contributed by atoms with Crippen molar-refractivity contribution in [1.82, 2.24) is 25.1 Å². The fourth-order valence-corrected chi connectivity index (χ4v) is 4.29. The summed E-state index contributed by atoms with van der Waals surface area (Å²) in [5, 5.41) is 7.89. The number of ether oxygens (including phenoxy) is 1. The van der Waals surface area contributed by atoms with E-state index < -0.39 is 0 Å². The second-order valence-corrected chi connectivity index (χ2v) is 7.72. The van der Waals surface area contributed by atoms with Gasteiger partial charge in [0.15, 0.2) is 0 Å². The van der Waals surface area contributed by atoms with Crippen LogP contribution >= 0.6 is 0 Å². The number of nitrogens with zero attached hydrogens (tertiary/aromatic N) is 4. The molecule has 2 aliphatic heterocycles. The number of aromatic amines is 1. The van der Waals surface area contributed by atoms with E-state index in [4.69, 9.17) is 4.74 Å². The zero-order valence-electron chi connectivity index (χ0n) is 15.0. The summed E-state index contributed by atoms with van der Waals surface area (Å²) >= 11 is 0. The Labute approximate surface area is 148 Å². The number of fused-ring (bicyclic) bond motifs is 2. The minimum absolute atomic E-state index is 0.197. The molecule has 0 aromatic carbocycles. The maximum Gasteiger partial charge on any atom is 0.220 e. The molecule has 0 saturated heterocycles. The zero-order chi connectivity index (χ0) is 17.0. The second-order valence-electron chi connectivity index (χ2n) is 7.72. The molecule has 0 radical (unpaired) electrons. The lowest BCUT2D eigenvalue weighted by Gasteiger charge is -2.23. The number of hydrogen-bond donors (Lipinski definition) is 1. The van der Waals surface area contributed by atoms with E-state index in [2.05, 4.69) is 32.0 Å². The minimum atomic E-state index is 0.197. The summed E-state index contributed by atoms with van der Waals surface area (Å²) in [5.74, 6) is 2.32. The molecule has 0 spiro atoms. The largest absolute Gasteiger partial charge is 0.472 e. The van der Waals surface area contributed by atoms with Crippen LogP contribution in [0.5, 0.6) is 5.88 Å². The highest BCUT2D eigenvalue weighted by Gasteiger charge is 2.32. The number of H-pyrrole nitrogens is 1. The van der Waals surface area contributed by atoms with Crippen molar-refractivity contribution in [3.8, 4) is 5.88 Å². The van der Waals surface area contributed by atoms with Gasteiger partial charge < -0.3 is 4.74 Å². The van der Waals surface area contributed by atoms with E-state index in [1.165, 1.54) is 35.4 Å². The lowest BCUT2D eigenvalue weighted by atomic mass is 10.1. The van der Waals surface area contributed by atoms with Crippen LogP contribution in [0.25, 0.3) is 0 Å². The third-order valence-electron chi connectivity index (χ3n) is 5.76. The molecule has 25 heavy (non-hydrogen) atoms. The Morgan fingerprint density at radius 1 is 1.12 bits per heavy atom. The van der Waals surface area contributed by atoms with Crippen molar-refractivity contribution < 1.29 is 4.74 Å². The van der Waals surface area contributed by atoms with Crippen molar-refractivity contribution in [2.75, 3.05) is 19.6 Å². The van der Waals surface area contributed by atoms with Crippen molar-refractivity contribution in [1.29, 1.82) is 0 Å². The molecule has 1 atom stereocenters. The smallest absolute Gasteiger partial charge is 0.220 e. The molecule has 6 nitrogen and oxygen atoms in total. The molecule has 1 N–H and O–H groups in total. The lowest BCUT2D eigenvalue weighted by molar-refractivity contribution is 0.150. The summed E-state index contributed by atoms with van der Waals surface area (Å²) in [6.45, 7) is 7.11. The maximum atomic E-state index is 6.13. The quantitative estimate of drug-likeness (QED) is 0.927. The second kappa shape index (κ2) is 5.80. The molecule has 132 valence electrons. The van der Waals surface area contributed by atoms with Gasteiger partial charge >= 0.3 is 0 Å². The molecular formula is C19H25N5O. The standard InChI is InChI=1S/C19H25N5O/c1-11-16-9-14(25-19(16)21-12(2)20-11)10-24-7-5-15-17(6-8-24)22-23-18(15)13-3-4-13/h13-14H,3-10H2,1-2H3,(H,22,23). The first-order valence-electron chi connectivity index (χ1n) is 9.46. The highest BCUT2D eigenvalue weighted by molar-refractivity contribution is 5.35. The van der Waals surface area contributed by atoms with Gasteiger partial charge in [0.2, 0.25) is 5.88 Å². The molecule has 1 unspecified atom stereocenters. The molecule has 1 saturated carbocycles. The van der Waals surface area contributed by atoms with Gasteiger partial charge in [-0.25, -0.2) is 4.98 Å². The molecule has 2 aromatic heterocycles. The highest BCUT2D eigenvalue weighted by atomic mass is 16.5. The summed E-state index contributed by atoms with van der Waals surface area (Å²) in [5.41, 5.74) is 6.46. The van der Waals surface area contributed by atoms with Gasteiger partial charge in [-0.1, -0.05) is 0 Å². The molecule has 1 aliphatic carbocycles. The highest BCUT2D eigenvalue weighted by Crippen LogP contribution is 2.41. The number of rotatable bonds is 3. The Bertz CT molecular complexity index is 810. The number of hydrogen-bond acceptors (Lipinski definition) is 5. The van der Waals surface area contributed by atoms with E-state index in [1.54, 1.807) is 0 Å². The van der Waals surface area contributed by atoms with Gasteiger partial charge in [-0.15, -0.1) is 0 Å². The van der Waals surface area contributed by atoms with Crippen LogP contribution in [0.4, 0.5) is 0 Å². The number of aryl methyl sites for hydroxylation is 2. The number of nitrogens with one attached hydrogen (secondary N) is 1. The van der Waals surface area contributed by atoms with Crippen LogP contribution in [-0.4, -0.2) is 50.8 Å². The third-order valence-corrected chi connectivity index (χ3v) is 5.76. The summed E-state index contributed by atoms with van der Waals surface area (Å²) in [6.07, 6.45) is 5.92. The van der Waals surface area contributed by atoms with E-state index in [0.717, 1.165) is 62.2 Å². The monoisotopic (exact) mass is 339 g/mol. The lowest BCUT2D eigenvalue weighted by Crippen LogP contribution is -2.36. The summed E-state index contributed by atoms with van der Waals surface area (Å²) < 4.78 is 6.13. The van der Waals surface area contributed by atoms with Gasteiger partial charge in [0.25, 0.3) is 0 Å². The minimum Gasteiger partial charge on any atom is -0.472 e. The first-order valence-corrected chi connectivity index (χ1v) is 9.46. The van der Waals surface area contributed by atoms with Crippen molar-refractivity contribution in [2.45, 2.75) is 58.0 Å². The molecule has 6 heteroatoms. The van der Waals surface area contributed by atoms with Crippen LogP contribution < -0.4 is 4.74 Å². The Kier molecular flexibility index (Phi) is 3.55. The predicted octanol–water partition coefficient (Wildman–Crippen LogP) is 2.10. The Balaban J connectivity index is 1.25. The van der Waals surface area contributed by atoms with Crippen LogP contribution in [0.2, 0.25) is 0 Å². The van der Waals surface area contributed by atoms with Gasteiger partial charge in [0.05, 0.1) is 5.69 Å². The van der Waals surface area contributed by atoms with E-state index in [0.29, 0.717) is 0 Å². The van der Waals surface area contributed by atoms with Crippen molar-refractivity contribution >= 4 is 0 Å². The van der Waals surface area contributed by atoms with Crippen molar-refractivity contribution in [3.63, 3.8) is 0 Å². The Hall–Kier alpha value is -1.95. The van der Waals surface area contributed by atoms with Gasteiger partial charge in [0, 0.05) is 55.3 Å². The van der Waals surface area contributed by atoms with E-state index in [-0.39, 0.29) is 6.10 Å². The molecular weight excluding hydrogens is 314 g/mol. The van der Waals surface area contributed by atoms with Crippen LogP contribution in [0, 0.1) is 13.8 Å². The predicted molar refractivity (Wildman–Crippen MR) is 94.0 cm³/mol. The Morgan fingerprint density at radius 3 is 2.80 bits per heavy atom. The first kappa shape index (κ1) is 15.3. The summed E-state index contributed by atoms with van der Waals surface area (Å²) in [6, 6.07) is 0. The zero-order valence-corrected chi connectivity index (χ0v) is 15.0. The van der Waals surface area contributed by atoms with Crippen molar-refractivity contribution in [3.05, 3.63) is 34.0 Å². The molecule has 1 fully saturated rings. The molecule has 3 aliphatic rings. The fraction of sp³-hybridized carbons (Fsp3) is 0.632. The van der Waals surface area contributed by atoms with Crippen molar-refractivity contribution in [2.24, 2.45) is 0 Å². The average Bonchev–Trinajstić information content (AvgIpc) is 3.27. The van der Waals surface area contributed by atoms with E-state index >= 15 is 0 Å². The summed E-state index contributed by atoms with van der Waals surface area (Å²) in [7, 11) is 0. The van der Waals surface area contributed by atoms with E-state index in [1.807, 2.05) is 6.92 Å². The molecule has 2 aromatic rings. The molecule has 0 amide bonds. The Morgan fingerprint density at radius 2 is 1.96 bits per heavy atom. The topological polar surface area (TPSA) is 66.9 Å². The van der Waals surface area contributed by atoms with Crippen LogP contribution in [0.3, 0.4) is 0 Å². The van der Waals surface area contributed by atoms with E-state index in [9.17, 15) is 0 Å². The third kappa shape index (κ3) is 2.82. The molecule has 0 bridgehead atoms. The first-order chi connectivity index (χ1) is 12.2. The average molecular weight is 339 g/mol. The molecule has 5 rings (SSSR count). The SMILES string of the molecule is Cc1nc(C)c2c(n1)OC(CN1CCc3[nH]nc(C4CC4)c3CC1)C2. The number of aromatic nitrogens is 4. The van der Waals surface area contributed by atoms with Gasteiger partial charge in [-0.2, -0.15) is 10.1 Å².